The molecule has 1 saturated heterocycles. The molecule has 1 aliphatic heterocycles. The highest BCUT2D eigenvalue weighted by Gasteiger charge is 2.42. The van der Waals surface area contributed by atoms with E-state index in [1.165, 1.54) is 22.3 Å². The zero-order valence-electron chi connectivity index (χ0n) is 15.3. The highest BCUT2D eigenvalue weighted by molar-refractivity contribution is 7.99. The standard InChI is InChI=1S/C18H24N4O3S2/c1-18(13-19,14-5-6-14)21-16(23)12-26-17-8-7-15(11-20-17)27(24,25)22-9-3-2-4-10-22/h7-8,11,14H,2-6,9-10,12H2,1H3,(H,21,23). The molecule has 7 nitrogen and oxygen atoms in total. The average molecular weight is 409 g/mol. The first kappa shape index (κ1) is 20.1. The van der Waals surface area contributed by atoms with E-state index in [4.69, 9.17) is 0 Å². The Kier molecular flexibility index (Phi) is 6.08. The maximum absolute atomic E-state index is 12.6. The normalized spacial score (nSPS) is 20.4. The van der Waals surface area contributed by atoms with Crippen molar-refractivity contribution in [2.24, 2.45) is 5.92 Å². The summed E-state index contributed by atoms with van der Waals surface area (Å²) in [6, 6.07) is 5.36. The van der Waals surface area contributed by atoms with Gasteiger partial charge in [-0.05, 0) is 50.7 Å². The van der Waals surface area contributed by atoms with Crippen LogP contribution in [0.2, 0.25) is 0 Å². The van der Waals surface area contributed by atoms with Gasteiger partial charge in [-0.2, -0.15) is 9.57 Å². The summed E-state index contributed by atoms with van der Waals surface area (Å²) in [5, 5.41) is 12.7. The monoisotopic (exact) mass is 408 g/mol. The minimum atomic E-state index is -3.49. The zero-order chi connectivity index (χ0) is 19.5. The molecule has 1 amide bonds. The first-order chi connectivity index (χ1) is 12.8. The Morgan fingerprint density at radius 3 is 2.63 bits per heavy atom. The van der Waals surface area contributed by atoms with E-state index in [1.54, 1.807) is 19.1 Å². The number of piperidine rings is 1. The van der Waals surface area contributed by atoms with E-state index >= 15 is 0 Å². The van der Waals surface area contributed by atoms with Crippen molar-refractivity contribution in [1.29, 1.82) is 5.26 Å². The first-order valence-corrected chi connectivity index (χ1v) is 11.6. The lowest BCUT2D eigenvalue weighted by Crippen LogP contribution is -2.47. The van der Waals surface area contributed by atoms with Gasteiger partial charge >= 0.3 is 0 Å². The van der Waals surface area contributed by atoms with Gasteiger partial charge in [0.2, 0.25) is 15.9 Å². The number of carbonyl (C=O) groups excluding carboxylic acids is 1. The van der Waals surface area contributed by atoms with Crippen molar-refractivity contribution in [3.8, 4) is 6.07 Å². The summed E-state index contributed by atoms with van der Waals surface area (Å²) in [5.41, 5.74) is -0.808. The lowest BCUT2D eigenvalue weighted by Gasteiger charge is -2.25. The van der Waals surface area contributed by atoms with Crippen molar-refractivity contribution in [2.45, 2.75) is 54.5 Å². The third-order valence-corrected chi connectivity index (χ3v) is 7.86. The Hall–Kier alpha value is -1.63. The molecule has 0 aromatic carbocycles. The Labute approximate surface area is 164 Å². The second kappa shape index (κ2) is 8.17. The third kappa shape index (κ3) is 4.81. The second-order valence-electron chi connectivity index (χ2n) is 7.22. The molecule has 3 rings (SSSR count). The molecule has 146 valence electrons. The van der Waals surface area contributed by atoms with Crippen LogP contribution in [0.1, 0.15) is 39.0 Å². The predicted molar refractivity (Wildman–Crippen MR) is 102 cm³/mol. The molecule has 0 bridgehead atoms. The van der Waals surface area contributed by atoms with Gasteiger partial charge in [0.15, 0.2) is 0 Å². The summed E-state index contributed by atoms with van der Waals surface area (Å²) in [6.07, 6.45) is 6.12. The highest BCUT2D eigenvalue weighted by Crippen LogP contribution is 2.39. The van der Waals surface area contributed by atoms with Crippen molar-refractivity contribution < 1.29 is 13.2 Å². The van der Waals surface area contributed by atoms with Crippen LogP contribution in [0.15, 0.2) is 28.3 Å². The van der Waals surface area contributed by atoms with Crippen LogP contribution in [0.4, 0.5) is 0 Å². The number of rotatable bonds is 7. The summed E-state index contributed by atoms with van der Waals surface area (Å²) in [4.78, 5) is 16.5. The van der Waals surface area contributed by atoms with Crippen LogP contribution >= 0.6 is 11.8 Å². The largest absolute Gasteiger partial charge is 0.337 e. The minimum absolute atomic E-state index is 0.134. The Morgan fingerprint density at radius 1 is 1.37 bits per heavy atom. The lowest BCUT2D eigenvalue weighted by molar-refractivity contribution is -0.119. The molecule has 1 aromatic rings. The summed E-state index contributed by atoms with van der Waals surface area (Å²) < 4.78 is 26.7. The summed E-state index contributed by atoms with van der Waals surface area (Å²) in [7, 11) is -3.49. The van der Waals surface area contributed by atoms with Gasteiger partial charge in [0.25, 0.3) is 0 Å². The van der Waals surface area contributed by atoms with Crippen molar-refractivity contribution >= 4 is 27.7 Å². The van der Waals surface area contributed by atoms with E-state index in [9.17, 15) is 18.5 Å². The molecular weight excluding hydrogens is 384 g/mol. The van der Waals surface area contributed by atoms with E-state index in [0.29, 0.717) is 18.1 Å². The van der Waals surface area contributed by atoms with Crippen LogP contribution in [0, 0.1) is 17.2 Å². The van der Waals surface area contributed by atoms with E-state index in [0.717, 1.165) is 32.1 Å². The number of thioether (sulfide) groups is 1. The molecule has 1 atom stereocenters. The van der Waals surface area contributed by atoms with Crippen LogP contribution in [-0.4, -0.2) is 48.0 Å². The molecule has 9 heteroatoms. The summed E-state index contributed by atoms with van der Waals surface area (Å²) >= 11 is 1.23. The number of nitrogens with one attached hydrogen (secondary N) is 1. The number of aromatic nitrogens is 1. The van der Waals surface area contributed by atoms with Crippen LogP contribution in [0.5, 0.6) is 0 Å². The number of carbonyl (C=O) groups is 1. The molecule has 0 spiro atoms. The highest BCUT2D eigenvalue weighted by atomic mass is 32.2. The summed E-state index contributed by atoms with van der Waals surface area (Å²) in [5.74, 6) is 0.145. The fourth-order valence-corrected chi connectivity index (χ4v) is 5.31. The number of nitriles is 1. The van der Waals surface area contributed by atoms with Gasteiger partial charge in [0.1, 0.15) is 10.4 Å². The van der Waals surface area contributed by atoms with E-state index in [-0.39, 0.29) is 22.5 Å². The maximum Gasteiger partial charge on any atom is 0.244 e. The first-order valence-electron chi connectivity index (χ1n) is 9.16. The quantitative estimate of drug-likeness (QED) is 0.694. The molecule has 1 aromatic heterocycles. The Balaban J connectivity index is 1.56. The van der Waals surface area contributed by atoms with Gasteiger partial charge < -0.3 is 5.32 Å². The molecule has 1 N–H and O–H groups in total. The molecule has 1 aliphatic carbocycles. The van der Waals surface area contributed by atoms with E-state index < -0.39 is 15.6 Å². The van der Waals surface area contributed by atoms with Gasteiger partial charge in [0, 0.05) is 19.3 Å². The van der Waals surface area contributed by atoms with Gasteiger partial charge in [-0.25, -0.2) is 13.4 Å². The molecular formula is C18H24N4O3S2. The molecule has 1 saturated carbocycles. The maximum atomic E-state index is 12.6. The van der Waals surface area contributed by atoms with Gasteiger partial charge in [-0.15, -0.1) is 0 Å². The molecule has 27 heavy (non-hydrogen) atoms. The van der Waals surface area contributed by atoms with Crippen LogP contribution in [-0.2, 0) is 14.8 Å². The zero-order valence-corrected chi connectivity index (χ0v) is 17.0. The van der Waals surface area contributed by atoms with Gasteiger partial charge in [-0.3, -0.25) is 4.79 Å². The third-order valence-electron chi connectivity index (χ3n) is 5.04. The lowest BCUT2D eigenvalue weighted by atomic mass is 9.98. The van der Waals surface area contributed by atoms with Crippen LogP contribution in [0.3, 0.4) is 0 Å². The molecule has 1 unspecified atom stereocenters. The number of hydrogen-bond donors (Lipinski definition) is 1. The topological polar surface area (TPSA) is 103 Å². The SMILES string of the molecule is CC(C#N)(NC(=O)CSc1ccc(S(=O)(=O)N2CCCCC2)cn1)C1CC1. The number of sulfonamides is 1. The molecule has 0 radical (unpaired) electrons. The van der Waals surface area contributed by atoms with Crippen LogP contribution in [0.25, 0.3) is 0 Å². The number of nitrogens with zero attached hydrogens (tertiary/aromatic N) is 3. The number of amides is 1. The Morgan fingerprint density at radius 2 is 2.07 bits per heavy atom. The van der Waals surface area contributed by atoms with Crippen molar-refractivity contribution in [2.75, 3.05) is 18.8 Å². The van der Waals surface area contributed by atoms with Crippen LogP contribution < -0.4 is 5.32 Å². The number of pyridine rings is 1. The fourth-order valence-electron chi connectivity index (χ4n) is 3.21. The van der Waals surface area contributed by atoms with E-state index in [2.05, 4.69) is 16.4 Å². The second-order valence-corrected chi connectivity index (χ2v) is 10.2. The fraction of sp³-hybridized carbons (Fsp3) is 0.611. The average Bonchev–Trinajstić information content (AvgIpc) is 3.53. The number of hydrogen-bond acceptors (Lipinski definition) is 6. The van der Waals surface area contributed by atoms with Crippen molar-refractivity contribution in [3.05, 3.63) is 18.3 Å². The van der Waals surface area contributed by atoms with Gasteiger partial charge in [-0.1, -0.05) is 18.2 Å². The Bertz CT molecular complexity index is 825. The van der Waals surface area contributed by atoms with Gasteiger partial charge in [0.05, 0.1) is 16.8 Å². The predicted octanol–water partition coefficient (Wildman–Crippen LogP) is 2.16. The molecule has 2 heterocycles. The summed E-state index contributed by atoms with van der Waals surface area (Å²) in [6.45, 7) is 2.86. The van der Waals surface area contributed by atoms with Crippen molar-refractivity contribution in [3.63, 3.8) is 0 Å². The van der Waals surface area contributed by atoms with Crippen molar-refractivity contribution in [1.82, 2.24) is 14.6 Å². The molecule has 2 fully saturated rings. The molecule has 2 aliphatic rings. The van der Waals surface area contributed by atoms with E-state index in [1.807, 2.05) is 0 Å². The minimum Gasteiger partial charge on any atom is -0.337 e. The smallest absolute Gasteiger partial charge is 0.244 e.